The molecule has 0 saturated carbocycles. The van der Waals surface area contributed by atoms with Crippen LogP contribution in [0.25, 0.3) is 21.1 Å². The maximum Gasteiger partial charge on any atom is 0.250 e. The van der Waals surface area contributed by atoms with E-state index in [-0.39, 0.29) is 0 Å². The van der Waals surface area contributed by atoms with Crippen LogP contribution in [0, 0.1) is 0 Å². The minimum Gasteiger partial charge on any atom is -0.317 e. The third kappa shape index (κ3) is 10.0. The predicted octanol–water partition coefficient (Wildman–Crippen LogP) is 3.93. The van der Waals surface area contributed by atoms with Crippen molar-refractivity contribution in [1.82, 2.24) is 30.0 Å². The van der Waals surface area contributed by atoms with E-state index in [1.54, 1.807) is 36.7 Å². The van der Waals surface area contributed by atoms with Gasteiger partial charge in [0.15, 0.2) is 0 Å². The number of nitrogens with zero attached hydrogens (tertiary/aromatic N) is 2. The Bertz CT molecular complexity index is 1460. The second kappa shape index (κ2) is 16.3. The zero-order valence-corrected chi connectivity index (χ0v) is 26.4. The van der Waals surface area contributed by atoms with Crippen molar-refractivity contribution in [2.24, 2.45) is 0 Å². The van der Waals surface area contributed by atoms with Crippen LogP contribution in [-0.4, -0.2) is 66.1 Å². The van der Waals surface area contributed by atoms with Crippen molar-refractivity contribution in [1.29, 1.82) is 0 Å². The van der Waals surface area contributed by atoms with Crippen LogP contribution in [0.3, 0.4) is 0 Å². The number of sulfonamides is 2. The van der Waals surface area contributed by atoms with Crippen molar-refractivity contribution in [2.75, 3.05) is 39.3 Å². The van der Waals surface area contributed by atoms with E-state index in [0.717, 1.165) is 60.2 Å². The molecule has 10 nitrogen and oxygen atoms in total. The molecule has 0 aliphatic carbocycles. The van der Waals surface area contributed by atoms with Crippen LogP contribution < -0.4 is 20.1 Å². The van der Waals surface area contributed by atoms with Gasteiger partial charge < -0.3 is 10.6 Å². The Morgan fingerprint density at radius 2 is 0.952 bits per heavy atom. The Hall–Kier alpha value is -2.56. The van der Waals surface area contributed by atoms with E-state index < -0.39 is 20.0 Å². The number of pyridine rings is 2. The zero-order valence-electron chi connectivity index (χ0n) is 23.2. The normalized spacial score (nSPS) is 12.1. The monoisotopic (exact) mass is 648 g/mol. The van der Waals surface area contributed by atoms with Crippen LogP contribution >= 0.6 is 22.7 Å². The summed E-state index contributed by atoms with van der Waals surface area (Å²) in [6.07, 6.45) is 6.76. The van der Waals surface area contributed by atoms with E-state index in [0.29, 0.717) is 34.3 Å². The summed E-state index contributed by atoms with van der Waals surface area (Å²) in [5.41, 5.74) is 1.52. The van der Waals surface area contributed by atoms with Gasteiger partial charge in [-0.2, -0.15) is 0 Å². The molecule has 0 saturated heterocycles. The van der Waals surface area contributed by atoms with E-state index in [9.17, 15) is 16.8 Å². The molecule has 0 spiro atoms. The molecule has 226 valence electrons. The topological polar surface area (TPSA) is 142 Å². The second-order valence-electron chi connectivity index (χ2n) is 9.38. The lowest BCUT2D eigenvalue weighted by atomic mass is 10.3. The highest BCUT2D eigenvalue weighted by molar-refractivity contribution is 7.92. The first-order chi connectivity index (χ1) is 20.4. The Labute approximate surface area is 256 Å². The highest BCUT2D eigenvalue weighted by atomic mass is 32.3. The Morgan fingerprint density at radius 3 is 1.36 bits per heavy atom. The van der Waals surface area contributed by atoms with Crippen molar-refractivity contribution in [3.8, 4) is 21.1 Å². The fourth-order valence-corrected chi connectivity index (χ4v) is 8.76. The Morgan fingerprint density at radius 1 is 0.524 bits per heavy atom. The molecule has 4 aromatic rings. The van der Waals surface area contributed by atoms with Gasteiger partial charge >= 0.3 is 0 Å². The summed E-state index contributed by atoms with van der Waals surface area (Å²) < 4.78 is 56.2. The first kappa shape index (κ1) is 32.4. The number of unbranched alkanes of at least 4 members (excludes halogenated alkanes) is 1. The molecule has 4 aromatic heterocycles. The lowest BCUT2D eigenvalue weighted by Crippen LogP contribution is -2.28. The van der Waals surface area contributed by atoms with Gasteiger partial charge in [-0.05, 0) is 100 Å². The van der Waals surface area contributed by atoms with Gasteiger partial charge in [0.2, 0.25) is 20.0 Å². The van der Waals surface area contributed by atoms with Crippen molar-refractivity contribution >= 4 is 42.7 Å². The average molecular weight is 649 g/mol. The fraction of sp³-hybridized carbons (Fsp3) is 0.357. The van der Waals surface area contributed by atoms with E-state index in [1.165, 1.54) is 22.7 Å². The molecule has 0 atom stereocenters. The molecule has 0 aliphatic heterocycles. The first-order valence-corrected chi connectivity index (χ1v) is 18.4. The maximum absolute atomic E-state index is 12.6. The quantitative estimate of drug-likeness (QED) is 0.112. The molecule has 0 unspecified atom stereocenters. The van der Waals surface area contributed by atoms with Crippen molar-refractivity contribution in [3.63, 3.8) is 0 Å². The molecule has 0 amide bonds. The number of thiophene rings is 2. The van der Waals surface area contributed by atoms with Gasteiger partial charge in [0, 0.05) is 25.5 Å². The SMILES string of the molecule is O=S(=O)(NCCCNCCCCNCCCNS(=O)(=O)c1ccc(-c2ccccn2)s1)c1ccc(-c2ccccn2)s1. The van der Waals surface area contributed by atoms with Gasteiger partial charge in [0.25, 0.3) is 0 Å². The van der Waals surface area contributed by atoms with Gasteiger partial charge in [-0.1, -0.05) is 12.1 Å². The van der Waals surface area contributed by atoms with Crippen molar-refractivity contribution in [2.45, 2.75) is 34.1 Å². The number of rotatable bonds is 19. The molecule has 4 heterocycles. The first-order valence-electron chi connectivity index (χ1n) is 13.8. The van der Waals surface area contributed by atoms with Gasteiger partial charge in [0.05, 0.1) is 21.1 Å². The lowest BCUT2D eigenvalue weighted by Gasteiger charge is -2.08. The molecule has 0 bridgehead atoms. The molecule has 4 N–H and O–H groups in total. The highest BCUT2D eigenvalue weighted by Crippen LogP contribution is 2.30. The maximum atomic E-state index is 12.6. The van der Waals surface area contributed by atoms with Crippen LogP contribution in [0.1, 0.15) is 25.7 Å². The summed E-state index contributed by atoms with van der Waals surface area (Å²) in [5, 5.41) is 6.69. The molecular formula is C28H36N6O4S4. The largest absolute Gasteiger partial charge is 0.317 e. The van der Waals surface area contributed by atoms with E-state index in [1.807, 2.05) is 36.4 Å². The molecule has 42 heavy (non-hydrogen) atoms. The van der Waals surface area contributed by atoms with Crippen LogP contribution in [0.5, 0.6) is 0 Å². The summed E-state index contributed by atoms with van der Waals surface area (Å²) in [6.45, 7) is 3.91. The van der Waals surface area contributed by atoms with E-state index in [4.69, 9.17) is 0 Å². The number of hydrogen-bond acceptors (Lipinski definition) is 10. The molecule has 4 rings (SSSR count). The number of hydrogen-bond donors (Lipinski definition) is 4. The predicted molar refractivity (Wildman–Crippen MR) is 170 cm³/mol. The molecule has 0 radical (unpaired) electrons. The summed E-state index contributed by atoms with van der Waals surface area (Å²) in [6, 6.07) is 17.9. The van der Waals surface area contributed by atoms with Crippen molar-refractivity contribution in [3.05, 3.63) is 73.1 Å². The third-order valence-electron chi connectivity index (χ3n) is 6.13. The Kier molecular flexibility index (Phi) is 12.6. The van der Waals surface area contributed by atoms with Gasteiger partial charge in [-0.3, -0.25) is 9.97 Å². The summed E-state index contributed by atoms with van der Waals surface area (Å²) in [4.78, 5) is 10.2. The minimum atomic E-state index is -3.53. The van der Waals surface area contributed by atoms with Crippen LogP contribution in [0.2, 0.25) is 0 Å². The zero-order chi connectivity index (χ0) is 29.7. The van der Waals surface area contributed by atoms with Crippen LogP contribution in [0.4, 0.5) is 0 Å². The molecule has 0 aliphatic rings. The van der Waals surface area contributed by atoms with Crippen LogP contribution in [0.15, 0.2) is 81.5 Å². The molecular weight excluding hydrogens is 613 g/mol. The van der Waals surface area contributed by atoms with Crippen LogP contribution in [-0.2, 0) is 20.0 Å². The summed E-state index contributed by atoms with van der Waals surface area (Å²) in [7, 11) is -7.06. The second-order valence-corrected chi connectivity index (χ2v) is 15.5. The number of nitrogens with one attached hydrogen (secondary N) is 4. The standard InChI is InChI=1S/C28H36N6O4S4/c35-41(36,27-13-11-25(39-27)23-9-1-3-19-31-23)33-21-7-17-29-15-5-6-16-30-18-8-22-34-42(37,38)28-14-12-26(40-28)24-10-2-4-20-32-24/h1-4,9-14,19-20,29-30,33-34H,5-8,15-18,21-22H2. The molecule has 14 heteroatoms. The van der Waals surface area contributed by atoms with Gasteiger partial charge in [-0.15, -0.1) is 22.7 Å². The summed E-state index contributed by atoms with van der Waals surface area (Å²) in [5.74, 6) is 0. The van der Waals surface area contributed by atoms with Gasteiger partial charge in [-0.25, -0.2) is 26.3 Å². The van der Waals surface area contributed by atoms with Gasteiger partial charge in [0.1, 0.15) is 8.42 Å². The van der Waals surface area contributed by atoms with E-state index in [2.05, 4.69) is 30.0 Å². The van der Waals surface area contributed by atoms with Crippen molar-refractivity contribution < 1.29 is 16.8 Å². The van der Waals surface area contributed by atoms with E-state index >= 15 is 0 Å². The summed E-state index contributed by atoms with van der Waals surface area (Å²) >= 11 is 2.42. The Balaban J connectivity index is 0.986. The average Bonchev–Trinajstić information content (AvgIpc) is 3.70. The third-order valence-corrected chi connectivity index (χ3v) is 12.3. The minimum absolute atomic E-state index is 0.290. The number of aromatic nitrogens is 2. The smallest absolute Gasteiger partial charge is 0.250 e. The highest BCUT2D eigenvalue weighted by Gasteiger charge is 2.18. The molecule has 0 fully saturated rings. The molecule has 0 aromatic carbocycles. The lowest BCUT2D eigenvalue weighted by molar-refractivity contribution is 0.553. The fourth-order valence-electron chi connectivity index (χ4n) is 3.95.